The lowest BCUT2D eigenvalue weighted by molar-refractivity contribution is 0.257. The minimum atomic E-state index is 0.524. The van der Waals surface area contributed by atoms with Crippen molar-refractivity contribution in [2.45, 2.75) is 26.4 Å². The Kier molecular flexibility index (Phi) is 5.01. The predicted octanol–water partition coefficient (Wildman–Crippen LogP) is 2.76. The molecular weight excluding hydrogens is 256 g/mol. The SMILES string of the molecule is Cc1nc(CN(CCC#N)Cc2ccccn2)cs1. The van der Waals surface area contributed by atoms with Crippen molar-refractivity contribution in [2.24, 2.45) is 0 Å². The smallest absolute Gasteiger partial charge is 0.0897 e. The minimum Gasteiger partial charge on any atom is -0.291 e. The number of hydrogen-bond acceptors (Lipinski definition) is 5. The summed E-state index contributed by atoms with van der Waals surface area (Å²) in [5.41, 5.74) is 2.09. The number of nitrogens with zero attached hydrogens (tertiary/aromatic N) is 4. The van der Waals surface area contributed by atoms with Crippen LogP contribution in [0.5, 0.6) is 0 Å². The molecule has 0 spiro atoms. The van der Waals surface area contributed by atoms with Gasteiger partial charge in [-0.2, -0.15) is 5.26 Å². The molecule has 2 rings (SSSR count). The molecule has 4 nitrogen and oxygen atoms in total. The van der Waals surface area contributed by atoms with Crippen molar-refractivity contribution in [3.8, 4) is 6.07 Å². The van der Waals surface area contributed by atoms with E-state index < -0.39 is 0 Å². The van der Waals surface area contributed by atoms with E-state index in [9.17, 15) is 0 Å². The number of hydrogen-bond donors (Lipinski definition) is 0. The van der Waals surface area contributed by atoms with Crippen LogP contribution < -0.4 is 0 Å². The van der Waals surface area contributed by atoms with Gasteiger partial charge in [-0.25, -0.2) is 4.98 Å². The summed E-state index contributed by atoms with van der Waals surface area (Å²) >= 11 is 1.66. The molecule has 19 heavy (non-hydrogen) atoms. The zero-order valence-electron chi connectivity index (χ0n) is 10.9. The minimum absolute atomic E-state index is 0.524. The fraction of sp³-hybridized carbons (Fsp3) is 0.357. The molecule has 5 heteroatoms. The summed E-state index contributed by atoms with van der Waals surface area (Å²) in [6.45, 7) is 4.26. The summed E-state index contributed by atoms with van der Waals surface area (Å²) in [7, 11) is 0. The number of aromatic nitrogens is 2. The zero-order chi connectivity index (χ0) is 13.5. The molecule has 0 fully saturated rings. The highest BCUT2D eigenvalue weighted by Gasteiger charge is 2.09. The van der Waals surface area contributed by atoms with Crippen LogP contribution in [0.15, 0.2) is 29.8 Å². The molecule has 98 valence electrons. The van der Waals surface area contributed by atoms with Crippen LogP contribution in [0, 0.1) is 18.3 Å². The second kappa shape index (κ2) is 6.98. The molecule has 0 aliphatic rings. The lowest BCUT2D eigenvalue weighted by Crippen LogP contribution is -2.24. The average Bonchev–Trinajstić information content (AvgIpc) is 2.82. The third-order valence-corrected chi connectivity index (χ3v) is 3.53. The van der Waals surface area contributed by atoms with Crippen molar-refractivity contribution in [3.05, 3.63) is 46.2 Å². The van der Waals surface area contributed by atoms with E-state index in [1.807, 2.05) is 25.1 Å². The van der Waals surface area contributed by atoms with Crippen LogP contribution in [0.25, 0.3) is 0 Å². The average molecular weight is 272 g/mol. The summed E-state index contributed by atoms with van der Waals surface area (Å²) in [6.07, 6.45) is 2.32. The van der Waals surface area contributed by atoms with Crippen molar-refractivity contribution >= 4 is 11.3 Å². The number of nitriles is 1. The summed E-state index contributed by atoms with van der Waals surface area (Å²) < 4.78 is 0. The van der Waals surface area contributed by atoms with E-state index in [0.29, 0.717) is 6.42 Å². The van der Waals surface area contributed by atoms with Crippen molar-refractivity contribution in [1.29, 1.82) is 5.26 Å². The van der Waals surface area contributed by atoms with E-state index in [1.165, 1.54) is 0 Å². The highest BCUT2D eigenvalue weighted by Crippen LogP contribution is 2.12. The van der Waals surface area contributed by atoms with Gasteiger partial charge < -0.3 is 0 Å². The molecule has 2 aromatic rings. The van der Waals surface area contributed by atoms with E-state index in [1.54, 1.807) is 17.5 Å². The molecule has 2 heterocycles. The Labute approximate surface area is 117 Å². The first-order valence-electron chi connectivity index (χ1n) is 6.18. The van der Waals surface area contributed by atoms with Crippen molar-refractivity contribution in [2.75, 3.05) is 6.54 Å². The van der Waals surface area contributed by atoms with Crippen LogP contribution in [-0.2, 0) is 13.1 Å². The lowest BCUT2D eigenvalue weighted by atomic mass is 10.3. The van der Waals surface area contributed by atoms with Crippen molar-refractivity contribution < 1.29 is 0 Å². The summed E-state index contributed by atoms with van der Waals surface area (Å²) in [5, 5.41) is 11.9. The highest BCUT2D eigenvalue weighted by atomic mass is 32.1. The molecule has 0 radical (unpaired) electrons. The van der Waals surface area contributed by atoms with E-state index in [4.69, 9.17) is 5.26 Å². The molecule has 0 bridgehead atoms. The van der Waals surface area contributed by atoms with Gasteiger partial charge in [0, 0.05) is 37.6 Å². The Hall–Kier alpha value is -1.77. The van der Waals surface area contributed by atoms with Gasteiger partial charge in [0.1, 0.15) is 0 Å². The molecule has 0 saturated heterocycles. The van der Waals surface area contributed by atoms with Gasteiger partial charge in [-0.05, 0) is 19.1 Å². The molecule has 0 saturated carbocycles. The normalized spacial score (nSPS) is 10.6. The largest absolute Gasteiger partial charge is 0.291 e. The first-order chi connectivity index (χ1) is 9.28. The van der Waals surface area contributed by atoms with Gasteiger partial charge in [0.25, 0.3) is 0 Å². The third-order valence-electron chi connectivity index (χ3n) is 2.70. The fourth-order valence-corrected chi connectivity index (χ4v) is 2.46. The van der Waals surface area contributed by atoms with Gasteiger partial charge in [0.15, 0.2) is 0 Å². The number of aryl methyl sites for hydroxylation is 1. The predicted molar refractivity (Wildman–Crippen MR) is 75.4 cm³/mol. The van der Waals surface area contributed by atoms with E-state index in [-0.39, 0.29) is 0 Å². The van der Waals surface area contributed by atoms with Gasteiger partial charge in [-0.1, -0.05) is 6.07 Å². The topological polar surface area (TPSA) is 52.8 Å². The monoisotopic (exact) mass is 272 g/mol. The van der Waals surface area contributed by atoms with Crippen molar-refractivity contribution in [3.63, 3.8) is 0 Å². The third kappa shape index (κ3) is 4.43. The Morgan fingerprint density at radius 3 is 2.79 bits per heavy atom. The maximum atomic E-state index is 8.75. The van der Waals surface area contributed by atoms with Gasteiger partial charge in [0.05, 0.1) is 22.5 Å². The van der Waals surface area contributed by atoms with E-state index in [2.05, 4.69) is 26.3 Å². The number of pyridine rings is 1. The molecule has 0 amide bonds. The number of rotatable bonds is 6. The molecular formula is C14H16N4S. The second-order valence-electron chi connectivity index (χ2n) is 4.30. The highest BCUT2D eigenvalue weighted by molar-refractivity contribution is 7.09. The fourth-order valence-electron chi connectivity index (χ4n) is 1.85. The van der Waals surface area contributed by atoms with Crippen LogP contribution in [-0.4, -0.2) is 21.4 Å². The molecule has 0 aromatic carbocycles. The summed E-state index contributed by atoms with van der Waals surface area (Å²) in [5.74, 6) is 0. The Morgan fingerprint density at radius 1 is 1.32 bits per heavy atom. The molecule has 0 aliphatic heterocycles. The first-order valence-corrected chi connectivity index (χ1v) is 7.06. The van der Waals surface area contributed by atoms with Crippen LogP contribution in [0.3, 0.4) is 0 Å². The second-order valence-corrected chi connectivity index (χ2v) is 5.36. The zero-order valence-corrected chi connectivity index (χ0v) is 11.7. The summed E-state index contributed by atoms with van der Waals surface area (Å²) in [6, 6.07) is 8.09. The van der Waals surface area contributed by atoms with Crippen molar-refractivity contribution in [1.82, 2.24) is 14.9 Å². The van der Waals surface area contributed by atoms with Crippen LogP contribution >= 0.6 is 11.3 Å². The summed E-state index contributed by atoms with van der Waals surface area (Å²) in [4.78, 5) is 11.0. The van der Waals surface area contributed by atoms with E-state index in [0.717, 1.165) is 36.0 Å². The lowest BCUT2D eigenvalue weighted by Gasteiger charge is -2.19. The molecule has 0 unspecified atom stereocenters. The van der Waals surface area contributed by atoms with E-state index >= 15 is 0 Å². The van der Waals surface area contributed by atoms with Crippen LogP contribution in [0.2, 0.25) is 0 Å². The quantitative estimate of drug-likeness (QED) is 0.811. The van der Waals surface area contributed by atoms with Crippen LogP contribution in [0.4, 0.5) is 0 Å². The molecule has 0 atom stereocenters. The van der Waals surface area contributed by atoms with Gasteiger partial charge in [-0.15, -0.1) is 11.3 Å². The molecule has 0 aliphatic carbocycles. The standard InChI is InChI=1S/C14H16N4S/c1-12-17-14(11-19-12)10-18(8-4-6-15)9-13-5-2-3-7-16-13/h2-3,5,7,11H,4,8-10H2,1H3. The number of thiazole rings is 1. The van der Waals surface area contributed by atoms with Gasteiger partial charge >= 0.3 is 0 Å². The first kappa shape index (κ1) is 13.7. The maximum Gasteiger partial charge on any atom is 0.0897 e. The Bertz CT molecular complexity index is 544. The Morgan fingerprint density at radius 2 is 2.16 bits per heavy atom. The van der Waals surface area contributed by atoms with Gasteiger partial charge in [-0.3, -0.25) is 9.88 Å². The Balaban J connectivity index is 2.01. The maximum absolute atomic E-state index is 8.75. The molecule has 0 N–H and O–H groups in total. The molecule has 2 aromatic heterocycles. The van der Waals surface area contributed by atoms with Crippen LogP contribution in [0.1, 0.15) is 22.8 Å². The van der Waals surface area contributed by atoms with Gasteiger partial charge in [0.2, 0.25) is 0 Å².